The van der Waals surface area contributed by atoms with Crippen LogP contribution in [-0.2, 0) is 17.6 Å². The molecule has 5 nitrogen and oxygen atoms in total. The summed E-state index contributed by atoms with van der Waals surface area (Å²) in [5.41, 5.74) is 6.07. The fourth-order valence-corrected chi connectivity index (χ4v) is 5.99. The number of aromatic nitrogens is 2. The summed E-state index contributed by atoms with van der Waals surface area (Å²) in [5, 5.41) is 15.9. The number of carbonyl (C=O) groups is 1. The van der Waals surface area contributed by atoms with Crippen molar-refractivity contribution in [3.8, 4) is 17.3 Å². The van der Waals surface area contributed by atoms with Crippen molar-refractivity contribution in [2.24, 2.45) is 0 Å². The number of nitrogens with zero attached hydrogens (tertiary/aromatic N) is 3. The Morgan fingerprint density at radius 3 is 2.66 bits per heavy atom. The van der Waals surface area contributed by atoms with Crippen LogP contribution in [0.15, 0.2) is 77.1 Å². The van der Waals surface area contributed by atoms with Gasteiger partial charge in [0.2, 0.25) is 5.91 Å². The molecular weight excluding hydrogens is 472 g/mol. The third-order valence-electron chi connectivity index (χ3n) is 6.13. The van der Waals surface area contributed by atoms with Crippen LogP contribution in [-0.4, -0.2) is 21.6 Å². The SMILES string of the molecule is N#Cc1cc2c(nc1SCCC(=O)Nc1nc(-c3ccccc3)cs1)CCC(c1ccccc1)C2. The normalized spacial score (nSPS) is 14.7. The molecule has 1 amide bonds. The molecule has 0 spiro atoms. The molecular formula is C28H24N4OS2. The van der Waals surface area contributed by atoms with Gasteiger partial charge in [0.1, 0.15) is 11.1 Å². The number of amides is 1. The van der Waals surface area contributed by atoms with Gasteiger partial charge in [-0.05, 0) is 42.4 Å². The van der Waals surface area contributed by atoms with Crippen molar-refractivity contribution in [2.75, 3.05) is 11.1 Å². The first-order valence-corrected chi connectivity index (χ1v) is 13.5. The number of carbonyl (C=O) groups excluding carboxylic acids is 1. The highest BCUT2D eigenvalue weighted by atomic mass is 32.2. The summed E-state index contributed by atoms with van der Waals surface area (Å²) in [6, 6.07) is 24.8. The Labute approximate surface area is 213 Å². The summed E-state index contributed by atoms with van der Waals surface area (Å²) in [6.07, 6.45) is 3.20. The van der Waals surface area contributed by atoms with E-state index in [9.17, 15) is 10.1 Å². The number of thioether (sulfide) groups is 1. The predicted octanol–water partition coefficient (Wildman–Crippen LogP) is 6.47. The van der Waals surface area contributed by atoms with Crippen LogP contribution in [0.1, 0.15) is 41.1 Å². The van der Waals surface area contributed by atoms with Crippen molar-refractivity contribution in [1.29, 1.82) is 5.26 Å². The minimum Gasteiger partial charge on any atom is -0.302 e. The lowest BCUT2D eigenvalue weighted by atomic mass is 9.82. The maximum absolute atomic E-state index is 12.5. The average molecular weight is 497 g/mol. The number of pyridine rings is 1. The zero-order valence-electron chi connectivity index (χ0n) is 19.1. The van der Waals surface area contributed by atoms with E-state index in [-0.39, 0.29) is 5.91 Å². The monoisotopic (exact) mass is 496 g/mol. The molecule has 0 radical (unpaired) electrons. The van der Waals surface area contributed by atoms with Crippen LogP contribution in [0.2, 0.25) is 0 Å². The van der Waals surface area contributed by atoms with Gasteiger partial charge in [-0.15, -0.1) is 23.1 Å². The number of anilines is 1. The van der Waals surface area contributed by atoms with E-state index in [2.05, 4.69) is 40.6 Å². The highest BCUT2D eigenvalue weighted by Gasteiger charge is 2.23. The largest absolute Gasteiger partial charge is 0.302 e. The van der Waals surface area contributed by atoms with Crippen molar-refractivity contribution in [2.45, 2.75) is 36.6 Å². The number of nitriles is 1. The minimum atomic E-state index is -0.0892. The van der Waals surface area contributed by atoms with Crippen LogP contribution in [0.25, 0.3) is 11.3 Å². The Morgan fingerprint density at radius 1 is 1.11 bits per heavy atom. The summed E-state index contributed by atoms with van der Waals surface area (Å²) in [7, 11) is 0. The molecule has 1 aliphatic rings. The number of hydrogen-bond donors (Lipinski definition) is 1. The number of rotatable bonds is 7. The molecule has 0 saturated heterocycles. The molecule has 35 heavy (non-hydrogen) atoms. The van der Waals surface area contributed by atoms with Gasteiger partial charge >= 0.3 is 0 Å². The fourth-order valence-electron chi connectivity index (χ4n) is 4.34. The Bertz CT molecular complexity index is 1360. The highest BCUT2D eigenvalue weighted by molar-refractivity contribution is 7.99. The third kappa shape index (κ3) is 5.61. The zero-order valence-corrected chi connectivity index (χ0v) is 20.7. The predicted molar refractivity (Wildman–Crippen MR) is 142 cm³/mol. The van der Waals surface area contributed by atoms with Gasteiger partial charge in [-0.25, -0.2) is 9.97 Å². The van der Waals surface area contributed by atoms with Crippen molar-refractivity contribution in [1.82, 2.24) is 9.97 Å². The van der Waals surface area contributed by atoms with E-state index in [4.69, 9.17) is 4.98 Å². The van der Waals surface area contributed by atoms with Crippen LogP contribution >= 0.6 is 23.1 Å². The average Bonchev–Trinajstić information content (AvgIpc) is 3.37. The molecule has 4 aromatic rings. The van der Waals surface area contributed by atoms with Crippen LogP contribution in [0.4, 0.5) is 5.13 Å². The minimum absolute atomic E-state index is 0.0892. The van der Waals surface area contributed by atoms with Gasteiger partial charge in [-0.2, -0.15) is 5.26 Å². The number of nitrogens with one attached hydrogen (secondary N) is 1. The van der Waals surface area contributed by atoms with Gasteiger partial charge < -0.3 is 5.32 Å². The van der Waals surface area contributed by atoms with Gasteiger partial charge in [0.25, 0.3) is 0 Å². The van der Waals surface area contributed by atoms with E-state index < -0.39 is 0 Å². The van der Waals surface area contributed by atoms with Crippen molar-refractivity contribution < 1.29 is 4.79 Å². The summed E-state index contributed by atoms with van der Waals surface area (Å²) in [4.78, 5) is 21.8. The fraction of sp³-hybridized carbons (Fsp3) is 0.214. The third-order valence-corrected chi connectivity index (χ3v) is 7.88. The first-order valence-electron chi connectivity index (χ1n) is 11.6. The smallest absolute Gasteiger partial charge is 0.226 e. The van der Waals surface area contributed by atoms with E-state index in [0.717, 1.165) is 41.2 Å². The maximum Gasteiger partial charge on any atom is 0.226 e. The van der Waals surface area contributed by atoms with E-state index in [1.807, 2.05) is 47.8 Å². The molecule has 2 aromatic carbocycles. The molecule has 1 N–H and O–H groups in total. The van der Waals surface area contributed by atoms with Crippen LogP contribution in [0.3, 0.4) is 0 Å². The number of hydrogen-bond acceptors (Lipinski definition) is 6. The van der Waals surface area contributed by atoms with Gasteiger partial charge in [0.05, 0.1) is 11.3 Å². The van der Waals surface area contributed by atoms with E-state index in [1.54, 1.807) is 0 Å². The molecule has 1 aliphatic carbocycles. The quantitative estimate of drug-likeness (QED) is 0.297. The first kappa shape index (κ1) is 23.3. The van der Waals surface area contributed by atoms with Crippen molar-refractivity contribution >= 4 is 34.1 Å². The molecule has 2 heterocycles. The lowest BCUT2D eigenvalue weighted by molar-refractivity contribution is -0.115. The summed E-state index contributed by atoms with van der Waals surface area (Å²) < 4.78 is 0. The summed E-state index contributed by atoms with van der Waals surface area (Å²) in [6.45, 7) is 0. The topological polar surface area (TPSA) is 78.7 Å². The number of aryl methyl sites for hydroxylation is 1. The second-order valence-corrected chi connectivity index (χ2v) is 10.4. The van der Waals surface area contributed by atoms with E-state index >= 15 is 0 Å². The lowest BCUT2D eigenvalue weighted by Gasteiger charge is -2.25. The molecule has 1 unspecified atom stereocenters. The van der Waals surface area contributed by atoms with Crippen molar-refractivity contribution in [3.05, 3.63) is 94.5 Å². The van der Waals surface area contributed by atoms with Crippen LogP contribution in [0.5, 0.6) is 0 Å². The van der Waals surface area contributed by atoms with Gasteiger partial charge in [0, 0.05) is 28.8 Å². The molecule has 0 aliphatic heterocycles. The molecule has 174 valence electrons. The van der Waals surface area contributed by atoms with Crippen molar-refractivity contribution in [3.63, 3.8) is 0 Å². The lowest BCUT2D eigenvalue weighted by Crippen LogP contribution is -2.15. The molecule has 5 rings (SSSR count). The Kier molecular flexibility index (Phi) is 7.22. The molecule has 1 atom stereocenters. The Morgan fingerprint density at radius 2 is 1.89 bits per heavy atom. The summed E-state index contributed by atoms with van der Waals surface area (Å²) >= 11 is 2.89. The number of benzene rings is 2. The Hall–Kier alpha value is -3.47. The zero-order chi connectivity index (χ0) is 24.0. The molecule has 2 aromatic heterocycles. The van der Waals surface area contributed by atoms with Gasteiger partial charge in [0.15, 0.2) is 5.13 Å². The number of fused-ring (bicyclic) bond motifs is 1. The molecule has 0 bridgehead atoms. The number of thiazole rings is 1. The standard InChI is InChI=1S/C28H24N4OS2/c29-17-23-16-22-15-21(19-7-3-1-4-8-19)11-12-24(22)30-27(23)34-14-13-26(33)32-28-31-25(18-35-28)20-9-5-2-6-10-20/h1-10,16,18,21H,11-15H2,(H,31,32,33). The van der Waals surface area contributed by atoms with Gasteiger partial charge in [-0.1, -0.05) is 60.7 Å². The van der Waals surface area contributed by atoms with Gasteiger partial charge in [-0.3, -0.25) is 4.79 Å². The first-order chi connectivity index (χ1) is 17.2. The maximum atomic E-state index is 12.5. The Balaban J connectivity index is 1.18. The van der Waals surface area contributed by atoms with Crippen LogP contribution in [0, 0.1) is 11.3 Å². The van der Waals surface area contributed by atoms with E-state index in [1.165, 1.54) is 34.2 Å². The molecule has 7 heteroatoms. The molecule has 0 saturated carbocycles. The van der Waals surface area contributed by atoms with E-state index in [0.29, 0.717) is 28.8 Å². The molecule has 0 fully saturated rings. The van der Waals surface area contributed by atoms with Crippen LogP contribution < -0.4 is 5.32 Å². The highest BCUT2D eigenvalue weighted by Crippen LogP contribution is 2.34. The second-order valence-electron chi connectivity index (χ2n) is 8.46. The summed E-state index contributed by atoms with van der Waals surface area (Å²) in [5.74, 6) is 0.928. The second kappa shape index (κ2) is 10.9.